The van der Waals surface area contributed by atoms with Crippen molar-refractivity contribution in [3.8, 4) is 28.7 Å². The van der Waals surface area contributed by atoms with Crippen LogP contribution in [0.25, 0.3) is 10.8 Å². The predicted octanol–water partition coefficient (Wildman–Crippen LogP) is 11.5. The van der Waals surface area contributed by atoms with Crippen molar-refractivity contribution in [2.24, 2.45) is 29.6 Å². The highest BCUT2D eigenvalue weighted by Crippen LogP contribution is 2.62. The highest BCUT2D eigenvalue weighted by atomic mass is 33.1. The fourth-order valence-electron chi connectivity index (χ4n) is 15.7. The summed E-state index contributed by atoms with van der Waals surface area (Å²) >= 11 is 0. The van der Waals surface area contributed by atoms with Gasteiger partial charge in [0, 0.05) is 84.5 Å². The number of nitrogens with one attached hydrogen (secondary N) is 2. The lowest BCUT2D eigenvalue weighted by atomic mass is 9.52. The van der Waals surface area contributed by atoms with Gasteiger partial charge in [-0.1, -0.05) is 105 Å². The summed E-state index contributed by atoms with van der Waals surface area (Å²) in [6, 6.07) is 25.0. The second-order valence-electron chi connectivity index (χ2n) is 23.7. The molecule has 0 amide bonds. The Morgan fingerprint density at radius 1 is 0.854 bits per heavy atom. The zero-order chi connectivity index (χ0) is 57.0. The van der Waals surface area contributed by atoms with Gasteiger partial charge in [0.1, 0.15) is 11.4 Å². The second-order valence-corrected chi connectivity index (χ2v) is 28.8. The smallest absolute Gasteiger partial charge is 0.166 e. The van der Waals surface area contributed by atoms with E-state index in [9.17, 15) is 30.6 Å². The van der Waals surface area contributed by atoms with Gasteiger partial charge in [-0.05, 0) is 168 Å². The topological polar surface area (TPSA) is 194 Å². The maximum atomic E-state index is 17.6. The van der Waals surface area contributed by atoms with Gasteiger partial charge in [-0.3, -0.25) is 4.79 Å². The number of phenols is 3. The summed E-state index contributed by atoms with van der Waals surface area (Å²) in [6.07, 6.45) is 8.59. The van der Waals surface area contributed by atoms with Crippen LogP contribution in [0.3, 0.4) is 0 Å². The number of aromatic amines is 1. The molecule has 434 valence electrons. The van der Waals surface area contributed by atoms with Crippen LogP contribution in [0.4, 0.5) is 0 Å². The van der Waals surface area contributed by atoms with Gasteiger partial charge in [-0.25, -0.2) is 0 Å². The molecule has 5 heterocycles. The van der Waals surface area contributed by atoms with E-state index in [0.29, 0.717) is 67.4 Å². The average Bonchev–Trinajstić information content (AvgIpc) is 4.01. The molecule has 1 spiro atoms. The quantitative estimate of drug-likeness (QED) is 0.0451. The van der Waals surface area contributed by atoms with Crippen LogP contribution >= 0.6 is 43.2 Å². The Balaban J connectivity index is 1.07. The number of hydrogen-bond donors (Lipinski definition) is 8. The van der Waals surface area contributed by atoms with E-state index in [2.05, 4.69) is 47.6 Å². The fourth-order valence-corrected chi connectivity index (χ4v) is 21.4. The first kappa shape index (κ1) is 57.7. The van der Waals surface area contributed by atoms with Crippen LogP contribution in [0.15, 0.2) is 103 Å². The van der Waals surface area contributed by atoms with Gasteiger partial charge in [-0.2, -0.15) is 0 Å². The molecule has 7 aliphatic rings. The molecule has 82 heavy (non-hydrogen) atoms. The summed E-state index contributed by atoms with van der Waals surface area (Å²) in [4.78, 5) is 20.8. The molecule has 2 fully saturated rings. The monoisotopic (exact) mass is 1180 g/mol. The largest absolute Gasteiger partial charge is 0.508 e. The number of aromatic hydroxyl groups is 3. The summed E-state index contributed by atoms with van der Waals surface area (Å²) in [7, 11) is 9.97. The molecule has 12 unspecified atom stereocenters. The third-order valence-electron chi connectivity index (χ3n) is 19.4. The van der Waals surface area contributed by atoms with Gasteiger partial charge in [0.15, 0.2) is 28.8 Å². The van der Waals surface area contributed by atoms with E-state index in [-0.39, 0.29) is 59.2 Å². The Hall–Kier alpha value is -4.75. The van der Waals surface area contributed by atoms with E-state index in [4.69, 9.17) is 14.2 Å². The molecule has 1 aromatic heterocycles. The highest BCUT2D eigenvalue weighted by molar-refractivity contribution is 8.77. The van der Waals surface area contributed by atoms with E-state index < -0.39 is 46.9 Å². The van der Waals surface area contributed by atoms with Crippen molar-refractivity contribution in [1.82, 2.24) is 10.3 Å². The van der Waals surface area contributed by atoms with E-state index in [1.807, 2.05) is 56.7 Å². The lowest BCUT2D eigenvalue weighted by Crippen LogP contribution is -2.62. The molecule has 0 saturated heterocycles. The van der Waals surface area contributed by atoms with E-state index in [0.717, 1.165) is 97.9 Å². The molecular weight excluding hydrogens is 1110 g/mol. The lowest BCUT2D eigenvalue weighted by Gasteiger charge is -2.55. The molecular formula is C66H76N2O10S4. The van der Waals surface area contributed by atoms with Crippen molar-refractivity contribution in [2.45, 2.75) is 119 Å². The van der Waals surface area contributed by atoms with Crippen molar-refractivity contribution < 1.29 is 49.6 Å². The van der Waals surface area contributed by atoms with Crippen molar-refractivity contribution in [1.29, 1.82) is 0 Å². The van der Waals surface area contributed by atoms with Gasteiger partial charge in [0.2, 0.25) is 0 Å². The van der Waals surface area contributed by atoms with Gasteiger partial charge in [0.05, 0.1) is 42.7 Å². The number of rotatable bonds is 11. The minimum Gasteiger partial charge on any atom is -0.508 e. The number of hydrogen-bond acceptors (Lipinski definition) is 15. The molecule has 13 rings (SSSR count). The van der Waals surface area contributed by atoms with Crippen molar-refractivity contribution in [3.63, 3.8) is 0 Å². The zero-order valence-electron chi connectivity index (χ0n) is 47.1. The third-order valence-corrected chi connectivity index (χ3v) is 24.8. The number of fused-ring (bicyclic) bond motifs is 7. The van der Waals surface area contributed by atoms with Crippen LogP contribution in [0, 0.1) is 29.6 Å². The standard InChI is InChI=1S/C66H76N2O10S4/c1-5-38-10-11-39-8-7-9-49-57(32-69)82-81-33-43-24-58(73)66(46-21-37(30-67-3)22-47(70)25-46,53-35-80-79-34-44-14-12-41-29-65(44)45(27-56(41)77-6-2)26-52-48(53)15-17-55(72)63(52)78-65)64(75)60(43)61(74)42(20-36-18-19-68-31-36)23-40-13-16-54(71)62(76-4)51(40)28-50(38)59(39)49/h7-11,13,15-19,21-22,25,27,31,41-44,53,56-58,60-61,67-74H,5-6,12,14,20,23-24,26,28-30,32-35H2,1-4H3. The number of ketones is 1. The Morgan fingerprint density at radius 2 is 1.70 bits per heavy atom. The number of aromatic nitrogens is 1. The van der Waals surface area contributed by atoms with Crippen molar-refractivity contribution in [3.05, 3.63) is 159 Å². The Labute approximate surface area is 496 Å². The molecule has 4 aliphatic heterocycles. The first-order valence-electron chi connectivity index (χ1n) is 29.3. The molecule has 5 bridgehead atoms. The molecule has 12 atom stereocenters. The Bertz CT molecular complexity index is 3370. The van der Waals surface area contributed by atoms with Gasteiger partial charge < -0.3 is 55.2 Å². The number of carbonyl (C=O) groups excluding carboxylic acids is 1. The van der Waals surface area contributed by atoms with Crippen molar-refractivity contribution >= 4 is 59.7 Å². The number of H-pyrrole nitrogens is 1. The zero-order valence-corrected chi connectivity index (χ0v) is 50.3. The van der Waals surface area contributed by atoms with Gasteiger partial charge in [-0.15, -0.1) is 0 Å². The first-order chi connectivity index (χ1) is 39.8. The number of phenolic OH excluding ortho intramolecular Hbond substituents is 3. The number of aliphatic hydroxyl groups is 3. The summed E-state index contributed by atoms with van der Waals surface area (Å²) < 4.78 is 20.0. The maximum absolute atomic E-state index is 17.6. The number of ether oxygens (including phenoxy) is 3. The molecule has 6 aromatic rings. The summed E-state index contributed by atoms with van der Waals surface area (Å²) in [5, 5.41) is 79.8. The van der Waals surface area contributed by atoms with Crippen LogP contribution in [-0.4, -0.2) is 110 Å². The van der Waals surface area contributed by atoms with Crippen LogP contribution < -0.4 is 14.8 Å². The molecule has 8 N–H and O–H groups in total. The molecule has 2 saturated carbocycles. The Morgan fingerprint density at radius 3 is 2.48 bits per heavy atom. The van der Waals surface area contributed by atoms with Crippen molar-refractivity contribution in [2.75, 3.05) is 44.6 Å². The maximum Gasteiger partial charge on any atom is 0.166 e. The van der Waals surface area contributed by atoms with Gasteiger partial charge in [0.25, 0.3) is 0 Å². The number of carbonyl (C=O) groups is 1. The molecule has 16 heteroatoms. The minimum absolute atomic E-state index is 0.00285. The molecule has 12 nitrogen and oxygen atoms in total. The average molecular weight is 1190 g/mol. The van der Waals surface area contributed by atoms with Crippen LogP contribution in [0.1, 0.15) is 106 Å². The van der Waals surface area contributed by atoms with Crippen LogP contribution in [0.2, 0.25) is 0 Å². The van der Waals surface area contributed by atoms with Crippen LogP contribution in [-0.2, 0) is 53.6 Å². The fraction of sp³-hybridized carbons (Fsp3) is 0.470. The number of aliphatic hydroxyl groups excluding tert-OH is 3. The summed E-state index contributed by atoms with van der Waals surface area (Å²) in [6.45, 7) is 4.97. The highest BCUT2D eigenvalue weighted by Gasteiger charge is 2.63. The normalized spacial score (nSPS) is 30.0. The van der Waals surface area contributed by atoms with Crippen LogP contribution in [0.5, 0.6) is 28.7 Å². The van der Waals surface area contributed by atoms with E-state index in [1.54, 1.807) is 74.6 Å². The predicted molar refractivity (Wildman–Crippen MR) is 331 cm³/mol. The van der Waals surface area contributed by atoms with E-state index in [1.165, 1.54) is 0 Å². The summed E-state index contributed by atoms with van der Waals surface area (Å²) in [5.74, 6) is -0.539. The second kappa shape index (κ2) is 24.0. The minimum atomic E-state index is -1.76. The van der Waals surface area contributed by atoms with Gasteiger partial charge >= 0.3 is 0 Å². The lowest BCUT2D eigenvalue weighted by molar-refractivity contribution is -0.150. The van der Waals surface area contributed by atoms with E-state index >= 15 is 4.79 Å². The first-order valence-corrected chi connectivity index (χ1v) is 34.1. The Kier molecular flexibility index (Phi) is 16.8. The number of Topliss-reactive ketones (excluding diaryl/α,β-unsaturated/α-hetero) is 1. The SMILES string of the molecule is CCOC1C=C2Cc3c4ccc(O)c3OC23CC1CCC3CSSCC4C1(c2cc(O)cc(CNC)c2)C(=O)C2C(CSSC(CO)c3cccc4ccc(CC)c(c34)Cc3c(ccc(O)c3OC)CC(Cc3cc[nH]c3)C2O)CC1O. The number of methoxy groups -OCH3 is 1. The molecule has 5 aromatic carbocycles. The molecule has 0 radical (unpaired) electrons. The molecule has 3 aliphatic carbocycles. The summed E-state index contributed by atoms with van der Waals surface area (Å²) in [5.41, 5.74) is 7.27. The number of aryl methyl sites for hydroxylation is 1. The third kappa shape index (κ3) is 10.0. The number of benzene rings is 5.